The Kier molecular flexibility index (Phi) is 2.74. The fourth-order valence-electron chi connectivity index (χ4n) is 4.03. The normalized spacial score (nSPS) is 37.5. The number of rotatable bonds is 2. The third-order valence-electron chi connectivity index (χ3n) is 5.13. The molecule has 2 unspecified atom stereocenters. The number of hydrogen-bond donors (Lipinski definition) is 0. The summed E-state index contributed by atoms with van der Waals surface area (Å²) in [5.41, 5.74) is 2.01. The lowest BCUT2D eigenvalue weighted by Crippen LogP contribution is -2.28. The van der Waals surface area contributed by atoms with Crippen molar-refractivity contribution in [3.05, 3.63) is 60.2 Å². The summed E-state index contributed by atoms with van der Waals surface area (Å²) in [6.07, 6.45) is 5.22. The van der Waals surface area contributed by atoms with Crippen LogP contribution in [0.2, 0.25) is 0 Å². The molecule has 0 radical (unpaired) electrons. The first kappa shape index (κ1) is 12.4. The summed E-state index contributed by atoms with van der Waals surface area (Å²) >= 11 is 0. The highest BCUT2D eigenvalue weighted by molar-refractivity contribution is 5.97. The predicted molar refractivity (Wildman–Crippen MR) is 77.8 cm³/mol. The van der Waals surface area contributed by atoms with E-state index in [4.69, 9.17) is 0 Å². The lowest BCUT2D eigenvalue weighted by Gasteiger charge is -2.34. The molecule has 0 aliphatic heterocycles. The second-order valence-electron chi connectivity index (χ2n) is 5.95. The van der Waals surface area contributed by atoms with E-state index in [1.54, 1.807) is 0 Å². The molecule has 0 N–H and O–H groups in total. The standard InChI is InChI=1S/C18H20O/c1-4-8-14-11-15-16(13-9-6-5-7-10-13)12(2)18(14,3)17(15)19/h4-10,14-16H,2,11H2,1,3H3/b8-4+/t14-,15?,16+,18?/m1/s1. The molecule has 1 aromatic carbocycles. The van der Waals surface area contributed by atoms with E-state index < -0.39 is 0 Å². The predicted octanol–water partition coefficient (Wildman–Crippen LogP) is 4.13. The van der Waals surface area contributed by atoms with E-state index in [9.17, 15) is 4.79 Å². The third-order valence-corrected chi connectivity index (χ3v) is 5.13. The van der Waals surface area contributed by atoms with Gasteiger partial charge in [-0.15, -0.1) is 0 Å². The van der Waals surface area contributed by atoms with Gasteiger partial charge in [-0.1, -0.05) is 54.6 Å². The van der Waals surface area contributed by atoms with Crippen molar-refractivity contribution in [1.82, 2.24) is 0 Å². The quantitative estimate of drug-likeness (QED) is 0.723. The van der Waals surface area contributed by atoms with Gasteiger partial charge in [0, 0.05) is 11.8 Å². The van der Waals surface area contributed by atoms with E-state index in [1.807, 2.05) is 25.1 Å². The lowest BCUT2D eigenvalue weighted by atomic mass is 9.68. The van der Waals surface area contributed by atoms with Gasteiger partial charge >= 0.3 is 0 Å². The zero-order valence-electron chi connectivity index (χ0n) is 11.6. The van der Waals surface area contributed by atoms with Crippen molar-refractivity contribution in [1.29, 1.82) is 0 Å². The van der Waals surface area contributed by atoms with Gasteiger partial charge in [0.05, 0.1) is 5.41 Å². The van der Waals surface area contributed by atoms with E-state index >= 15 is 0 Å². The van der Waals surface area contributed by atoms with Crippen molar-refractivity contribution in [3.8, 4) is 0 Å². The highest BCUT2D eigenvalue weighted by Crippen LogP contribution is 2.63. The highest BCUT2D eigenvalue weighted by Gasteiger charge is 2.62. The van der Waals surface area contributed by atoms with Gasteiger partial charge in [-0.25, -0.2) is 0 Å². The van der Waals surface area contributed by atoms with Crippen LogP contribution in [0.1, 0.15) is 31.7 Å². The Balaban J connectivity index is 2.03. The van der Waals surface area contributed by atoms with Gasteiger partial charge in [-0.3, -0.25) is 4.79 Å². The molecule has 1 aromatic rings. The first-order valence-corrected chi connectivity index (χ1v) is 7.02. The van der Waals surface area contributed by atoms with Crippen molar-refractivity contribution in [2.24, 2.45) is 17.3 Å². The molecule has 4 atom stereocenters. The van der Waals surface area contributed by atoms with Crippen LogP contribution >= 0.6 is 0 Å². The van der Waals surface area contributed by atoms with E-state index in [0.717, 1.165) is 12.0 Å². The number of hydrogen-bond acceptors (Lipinski definition) is 1. The molecule has 0 heterocycles. The molecule has 0 amide bonds. The minimum Gasteiger partial charge on any atom is -0.298 e. The highest BCUT2D eigenvalue weighted by atomic mass is 16.1. The average Bonchev–Trinajstić information content (AvgIpc) is 2.76. The summed E-state index contributed by atoms with van der Waals surface area (Å²) in [5.74, 6) is 1.08. The molecule has 1 heteroatoms. The fraction of sp³-hybridized carbons (Fsp3) is 0.389. The molecule has 3 rings (SSSR count). The van der Waals surface area contributed by atoms with Crippen molar-refractivity contribution >= 4 is 5.78 Å². The molecule has 0 saturated heterocycles. The topological polar surface area (TPSA) is 17.1 Å². The fourth-order valence-corrected chi connectivity index (χ4v) is 4.03. The van der Waals surface area contributed by atoms with Crippen molar-refractivity contribution in [3.63, 3.8) is 0 Å². The van der Waals surface area contributed by atoms with Gasteiger partial charge in [0.1, 0.15) is 5.78 Å². The lowest BCUT2D eigenvalue weighted by molar-refractivity contribution is -0.124. The van der Waals surface area contributed by atoms with Crippen LogP contribution in [0.25, 0.3) is 0 Å². The van der Waals surface area contributed by atoms with E-state index in [0.29, 0.717) is 11.7 Å². The second-order valence-corrected chi connectivity index (χ2v) is 5.95. The van der Waals surface area contributed by atoms with Gasteiger partial charge in [0.15, 0.2) is 0 Å². The van der Waals surface area contributed by atoms with Gasteiger partial charge < -0.3 is 0 Å². The molecule has 2 aliphatic carbocycles. The molecular weight excluding hydrogens is 232 g/mol. The van der Waals surface area contributed by atoms with Crippen LogP contribution in [-0.4, -0.2) is 5.78 Å². The van der Waals surface area contributed by atoms with E-state index in [-0.39, 0.29) is 17.3 Å². The van der Waals surface area contributed by atoms with Crippen LogP contribution in [0.5, 0.6) is 0 Å². The van der Waals surface area contributed by atoms with Crippen LogP contribution in [0.15, 0.2) is 54.6 Å². The molecule has 98 valence electrons. The minimum absolute atomic E-state index is 0.126. The van der Waals surface area contributed by atoms with Crippen LogP contribution in [0.3, 0.4) is 0 Å². The molecule has 2 fully saturated rings. The maximum absolute atomic E-state index is 12.7. The molecule has 1 nitrogen and oxygen atoms in total. The first-order chi connectivity index (χ1) is 9.10. The molecule has 2 saturated carbocycles. The molecular formula is C18H20O. The maximum Gasteiger partial charge on any atom is 0.147 e. The van der Waals surface area contributed by atoms with Crippen molar-refractivity contribution < 1.29 is 4.79 Å². The van der Waals surface area contributed by atoms with Gasteiger partial charge in [0.25, 0.3) is 0 Å². The van der Waals surface area contributed by atoms with Gasteiger partial charge in [0.2, 0.25) is 0 Å². The average molecular weight is 252 g/mol. The zero-order chi connectivity index (χ0) is 13.6. The Morgan fingerprint density at radius 1 is 1.32 bits per heavy atom. The maximum atomic E-state index is 12.7. The van der Waals surface area contributed by atoms with Crippen LogP contribution < -0.4 is 0 Å². The molecule has 2 bridgehead atoms. The number of fused-ring (bicyclic) bond motifs is 2. The molecule has 0 aromatic heterocycles. The van der Waals surface area contributed by atoms with Crippen LogP contribution in [0, 0.1) is 17.3 Å². The minimum atomic E-state index is -0.350. The van der Waals surface area contributed by atoms with Crippen LogP contribution in [-0.2, 0) is 4.79 Å². The Labute approximate surface area is 115 Å². The van der Waals surface area contributed by atoms with Gasteiger partial charge in [-0.2, -0.15) is 0 Å². The number of allylic oxidation sites excluding steroid dienone is 3. The second kappa shape index (κ2) is 4.19. The smallest absolute Gasteiger partial charge is 0.147 e. The SMILES string of the molecule is C=C1[C@@H](c2ccccc2)C2C[C@@H](/C=C/C)C1(C)C2=O. The van der Waals surface area contributed by atoms with Crippen molar-refractivity contribution in [2.45, 2.75) is 26.2 Å². The summed E-state index contributed by atoms with van der Waals surface area (Å²) in [6, 6.07) is 10.4. The molecule has 0 spiro atoms. The zero-order valence-corrected chi connectivity index (χ0v) is 11.6. The third kappa shape index (κ3) is 1.51. The Morgan fingerprint density at radius 3 is 2.58 bits per heavy atom. The monoisotopic (exact) mass is 252 g/mol. The summed E-state index contributed by atoms with van der Waals surface area (Å²) in [7, 11) is 0. The number of benzene rings is 1. The summed E-state index contributed by atoms with van der Waals surface area (Å²) < 4.78 is 0. The Morgan fingerprint density at radius 2 is 2.00 bits per heavy atom. The van der Waals surface area contributed by atoms with Crippen molar-refractivity contribution in [2.75, 3.05) is 0 Å². The molecule has 19 heavy (non-hydrogen) atoms. The van der Waals surface area contributed by atoms with Gasteiger partial charge in [-0.05, 0) is 31.7 Å². The van der Waals surface area contributed by atoms with E-state index in [1.165, 1.54) is 5.56 Å². The summed E-state index contributed by atoms with van der Waals surface area (Å²) in [5, 5.41) is 0. The first-order valence-electron chi connectivity index (χ1n) is 7.02. The summed E-state index contributed by atoms with van der Waals surface area (Å²) in [4.78, 5) is 12.7. The number of carbonyl (C=O) groups is 1. The largest absolute Gasteiger partial charge is 0.298 e. The Bertz CT molecular complexity index is 554. The number of carbonyl (C=O) groups excluding carboxylic acids is 1. The number of Topliss-reactive ketones (excluding diaryl/α,β-unsaturated/α-hetero) is 1. The summed E-state index contributed by atoms with van der Waals surface area (Å²) in [6.45, 7) is 8.41. The number of ketones is 1. The molecule has 2 aliphatic rings. The van der Waals surface area contributed by atoms with Crippen LogP contribution in [0.4, 0.5) is 0 Å². The van der Waals surface area contributed by atoms with E-state index in [2.05, 4.69) is 37.8 Å². The Hall–Kier alpha value is -1.63.